The molecule has 0 radical (unpaired) electrons. The Morgan fingerprint density at radius 1 is 1.50 bits per heavy atom. The van der Waals surface area contributed by atoms with Gasteiger partial charge >= 0.3 is 6.03 Å². The van der Waals surface area contributed by atoms with E-state index in [0.29, 0.717) is 6.07 Å². The summed E-state index contributed by atoms with van der Waals surface area (Å²) in [6, 6.07) is 1.57. The molecule has 2 amide bonds. The van der Waals surface area contributed by atoms with Gasteiger partial charge in [0.2, 0.25) is 0 Å². The molecule has 0 saturated carbocycles. The van der Waals surface area contributed by atoms with E-state index >= 15 is 0 Å². The Labute approximate surface area is 103 Å². The van der Waals surface area contributed by atoms with Crippen molar-refractivity contribution in [3.63, 3.8) is 0 Å². The predicted molar refractivity (Wildman–Crippen MR) is 64.5 cm³/mol. The summed E-state index contributed by atoms with van der Waals surface area (Å²) in [5, 5.41) is 9.47. The van der Waals surface area contributed by atoms with Crippen LogP contribution in [-0.2, 0) is 0 Å². The highest BCUT2D eigenvalue weighted by Gasteiger charge is 2.18. The standard InChI is InChI=1S/C11H14F2N4O/c1-6(10(14)15)17(2)11(18)16-9-4-3-7(12)5-8(9)13/h3-6H,1-2H3,(H3,14,15)(H,16,18). The monoisotopic (exact) mass is 256 g/mol. The SMILES string of the molecule is CC(C(=N)N)N(C)C(=O)Nc1ccc(F)cc1F. The number of amides is 2. The number of carbonyl (C=O) groups is 1. The molecule has 0 aliphatic rings. The molecule has 1 aromatic carbocycles. The fourth-order valence-corrected chi connectivity index (χ4v) is 1.18. The molecule has 0 aliphatic heterocycles. The van der Waals surface area contributed by atoms with Gasteiger partial charge in [0.25, 0.3) is 0 Å². The number of nitrogens with two attached hydrogens (primary N) is 1. The summed E-state index contributed by atoms with van der Waals surface area (Å²) in [6.45, 7) is 1.56. The summed E-state index contributed by atoms with van der Waals surface area (Å²) in [4.78, 5) is 12.8. The number of carbonyl (C=O) groups excluding carboxylic acids is 1. The zero-order valence-corrected chi connectivity index (χ0v) is 10.00. The van der Waals surface area contributed by atoms with Crippen LogP contribution < -0.4 is 11.1 Å². The molecular formula is C11H14F2N4O. The molecule has 4 N–H and O–H groups in total. The van der Waals surface area contributed by atoms with Crippen molar-refractivity contribution in [2.75, 3.05) is 12.4 Å². The Hall–Kier alpha value is -2.18. The van der Waals surface area contributed by atoms with Crippen molar-refractivity contribution in [1.29, 1.82) is 5.41 Å². The first kappa shape index (κ1) is 13.9. The van der Waals surface area contributed by atoms with Crippen LogP contribution in [0.3, 0.4) is 0 Å². The lowest BCUT2D eigenvalue weighted by molar-refractivity contribution is 0.218. The number of anilines is 1. The van der Waals surface area contributed by atoms with Gasteiger partial charge in [0, 0.05) is 13.1 Å². The second kappa shape index (κ2) is 5.44. The van der Waals surface area contributed by atoms with E-state index in [0.717, 1.165) is 17.0 Å². The molecule has 0 bridgehead atoms. The fourth-order valence-electron chi connectivity index (χ4n) is 1.18. The first-order chi connectivity index (χ1) is 8.32. The van der Waals surface area contributed by atoms with Crippen molar-refractivity contribution in [3.8, 4) is 0 Å². The lowest BCUT2D eigenvalue weighted by Crippen LogP contribution is -2.45. The minimum atomic E-state index is -0.868. The van der Waals surface area contributed by atoms with Crippen molar-refractivity contribution >= 4 is 17.6 Å². The van der Waals surface area contributed by atoms with E-state index in [-0.39, 0.29) is 11.5 Å². The van der Waals surface area contributed by atoms with Crippen LogP contribution in [0.15, 0.2) is 18.2 Å². The van der Waals surface area contributed by atoms with Gasteiger partial charge in [-0.25, -0.2) is 13.6 Å². The van der Waals surface area contributed by atoms with Gasteiger partial charge in [-0.05, 0) is 19.1 Å². The maximum atomic E-state index is 13.3. The minimum absolute atomic E-state index is 0.135. The number of hydrogen-bond donors (Lipinski definition) is 3. The number of benzene rings is 1. The molecule has 5 nitrogen and oxygen atoms in total. The quantitative estimate of drug-likeness (QED) is 0.568. The molecule has 0 spiro atoms. The average Bonchev–Trinajstić information content (AvgIpc) is 2.30. The molecule has 0 heterocycles. The van der Waals surface area contributed by atoms with Crippen molar-refractivity contribution in [2.45, 2.75) is 13.0 Å². The van der Waals surface area contributed by atoms with E-state index in [4.69, 9.17) is 11.1 Å². The van der Waals surface area contributed by atoms with E-state index in [9.17, 15) is 13.6 Å². The summed E-state index contributed by atoms with van der Waals surface area (Å²) in [5.41, 5.74) is 5.12. The Morgan fingerprint density at radius 2 is 2.11 bits per heavy atom. The highest BCUT2D eigenvalue weighted by atomic mass is 19.1. The Kier molecular flexibility index (Phi) is 4.19. The zero-order chi connectivity index (χ0) is 13.9. The molecule has 7 heteroatoms. The molecular weight excluding hydrogens is 242 g/mol. The van der Waals surface area contributed by atoms with Gasteiger partial charge in [-0.3, -0.25) is 5.41 Å². The van der Waals surface area contributed by atoms with E-state index < -0.39 is 23.7 Å². The normalized spacial score (nSPS) is 11.8. The van der Waals surface area contributed by atoms with E-state index in [1.54, 1.807) is 6.92 Å². The number of hydrogen-bond acceptors (Lipinski definition) is 2. The van der Waals surface area contributed by atoms with Crippen molar-refractivity contribution in [1.82, 2.24) is 4.90 Å². The van der Waals surface area contributed by atoms with Gasteiger partial charge < -0.3 is 16.0 Å². The zero-order valence-electron chi connectivity index (χ0n) is 10.00. The van der Waals surface area contributed by atoms with Gasteiger partial charge in [0.05, 0.1) is 11.7 Å². The van der Waals surface area contributed by atoms with Crippen molar-refractivity contribution in [3.05, 3.63) is 29.8 Å². The maximum absolute atomic E-state index is 13.3. The molecule has 1 aromatic rings. The van der Waals surface area contributed by atoms with Gasteiger partial charge in [-0.15, -0.1) is 0 Å². The summed E-state index contributed by atoms with van der Waals surface area (Å²) in [5.74, 6) is -1.78. The second-order valence-electron chi connectivity index (χ2n) is 3.80. The summed E-state index contributed by atoms with van der Waals surface area (Å²) in [6.07, 6.45) is 0. The highest BCUT2D eigenvalue weighted by molar-refractivity contribution is 5.93. The van der Waals surface area contributed by atoms with Crippen molar-refractivity contribution < 1.29 is 13.6 Å². The Bertz CT molecular complexity index is 478. The highest BCUT2D eigenvalue weighted by Crippen LogP contribution is 2.15. The number of rotatable bonds is 3. The van der Waals surface area contributed by atoms with Gasteiger partial charge in [-0.1, -0.05) is 0 Å². The fraction of sp³-hybridized carbons (Fsp3) is 0.273. The number of amidine groups is 1. The van der Waals surface area contributed by atoms with E-state index in [1.807, 2.05) is 0 Å². The molecule has 1 atom stereocenters. The Morgan fingerprint density at radius 3 is 2.61 bits per heavy atom. The summed E-state index contributed by atoms with van der Waals surface area (Å²) < 4.78 is 26.0. The molecule has 18 heavy (non-hydrogen) atoms. The average molecular weight is 256 g/mol. The summed E-state index contributed by atoms with van der Waals surface area (Å²) >= 11 is 0. The predicted octanol–water partition coefficient (Wildman–Crippen LogP) is 1.75. The molecule has 0 fully saturated rings. The molecule has 0 aliphatic carbocycles. The van der Waals surface area contributed by atoms with Crippen LogP contribution in [0.25, 0.3) is 0 Å². The van der Waals surface area contributed by atoms with Crippen LogP contribution in [-0.4, -0.2) is 29.9 Å². The van der Waals surface area contributed by atoms with E-state index in [2.05, 4.69) is 5.32 Å². The van der Waals surface area contributed by atoms with Gasteiger partial charge in [0.1, 0.15) is 17.5 Å². The molecule has 98 valence electrons. The van der Waals surface area contributed by atoms with E-state index in [1.165, 1.54) is 7.05 Å². The molecule has 1 unspecified atom stereocenters. The smallest absolute Gasteiger partial charge is 0.322 e. The van der Waals surface area contributed by atoms with Crippen molar-refractivity contribution in [2.24, 2.45) is 5.73 Å². The van der Waals surface area contributed by atoms with Gasteiger partial charge in [-0.2, -0.15) is 0 Å². The van der Waals surface area contributed by atoms with Crippen LogP contribution in [0.4, 0.5) is 19.3 Å². The lowest BCUT2D eigenvalue weighted by Gasteiger charge is -2.24. The number of halogens is 2. The van der Waals surface area contributed by atoms with Crippen LogP contribution >= 0.6 is 0 Å². The minimum Gasteiger partial charge on any atom is -0.386 e. The lowest BCUT2D eigenvalue weighted by atomic mass is 10.3. The third kappa shape index (κ3) is 3.16. The topological polar surface area (TPSA) is 82.2 Å². The third-order valence-corrected chi connectivity index (χ3v) is 2.52. The largest absolute Gasteiger partial charge is 0.386 e. The number of nitrogens with one attached hydrogen (secondary N) is 2. The van der Waals surface area contributed by atoms with Gasteiger partial charge in [0.15, 0.2) is 0 Å². The number of urea groups is 1. The summed E-state index contributed by atoms with van der Waals surface area (Å²) in [7, 11) is 1.42. The third-order valence-electron chi connectivity index (χ3n) is 2.52. The maximum Gasteiger partial charge on any atom is 0.322 e. The molecule has 0 saturated heterocycles. The number of likely N-dealkylation sites (N-methyl/N-ethyl adjacent to an activating group) is 1. The first-order valence-electron chi connectivity index (χ1n) is 5.15. The number of nitrogens with zero attached hydrogens (tertiary/aromatic N) is 1. The molecule has 1 rings (SSSR count). The Balaban J connectivity index is 2.78. The first-order valence-corrected chi connectivity index (χ1v) is 5.15. The van der Waals surface area contributed by atoms with Crippen LogP contribution in [0.1, 0.15) is 6.92 Å². The van der Waals surface area contributed by atoms with Crippen LogP contribution in [0, 0.1) is 17.0 Å². The second-order valence-corrected chi connectivity index (χ2v) is 3.80. The van der Waals surface area contributed by atoms with Crippen LogP contribution in [0.5, 0.6) is 0 Å². The van der Waals surface area contributed by atoms with Crippen LogP contribution in [0.2, 0.25) is 0 Å². The molecule has 0 aromatic heterocycles.